The maximum atomic E-state index is 9.04. The highest BCUT2D eigenvalue weighted by Crippen LogP contribution is 2.31. The molecule has 0 unspecified atom stereocenters. The van der Waals surface area contributed by atoms with Crippen LogP contribution in [0.15, 0.2) is 6.07 Å². The Morgan fingerprint density at radius 2 is 2.15 bits per heavy atom. The molecule has 0 bridgehead atoms. The molecule has 2 aromatic rings. The van der Waals surface area contributed by atoms with Gasteiger partial charge in [0.25, 0.3) is 0 Å². The molecule has 6 heteroatoms. The molecule has 2 aromatic heterocycles. The van der Waals surface area contributed by atoms with Crippen molar-refractivity contribution in [1.29, 1.82) is 0 Å². The third kappa shape index (κ3) is 3.19. The van der Waals surface area contributed by atoms with Crippen molar-refractivity contribution in [1.82, 2.24) is 9.97 Å². The normalized spacial score (nSPS) is 11.0. The van der Waals surface area contributed by atoms with Gasteiger partial charge in [0, 0.05) is 31.1 Å². The van der Waals surface area contributed by atoms with Gasteiger partial charge >= 0.3 is 0 Å². The molecule has 0 amide bonds. The third-order valence-corrected chi connectivity index (χ3v) is 4.04. The van der Waals surface area contributed by atoms with E-state index in [0.29, 0.717) is 5.95 Å². The Kier molecular flexibility index (Phi) is 5.14. The zero-order valence-corrected chi connectivity index (χ0v) is 13.1. The molecular formula is C14H22N4OS. The van der Waals surface area contributed by atoms with Crippen molar-refractivity contribution in [3.63, 3.8) is 0 Å². The van der Waals surface area contributed by atoms with Crippen LogP contribution in [-0.4, -0.2) is 41.3 Å². The zero-order valence-electron chi connectivity index (χ0n) is 12.3. The summed E-state index contributed by atoms with van der Waals surface area (Å²) in [5, 5.41) is 13.3. The van der Waals surface area contributed by atoms with E-state index >= 15 is 0 Å². The van der Waals surface area contributed by atoms with Crippen molar-refractivity contribution < 1.29 is 5.11 Å². The van der Waals surface area contributed by atoms with E-state index in [0.717, 1.165) is 42.1 Å². The maximum Gasteiger partial charge on any atom is 0.226 e. The number of thiophene rings is 1. The first-order valence-corrected chi connectivity index (χ1v) is 7.89. The fourth-order valence-electron chi connectivity index (χ4n) is 2.18. The monoisotopic (exact) mass is 294 g/mol. The van der Waals surface area contributed by atoms with Crippen molar-refractivity contribution in [2.75, 3.05) is 36.5 Å². The van der Waals surface area contributed by atoms with Gasteiger partial charge in [-0.3, -0.25) is 0 Å². The molecule has 2 N–H and O–H groups in total. The molecule has 0 atom stereocenters. The van der Waals surface area contributed by atoms with Crippen LogP contribution in [0.4, 0.5) is 11.8 Å². The van der Waals surface area contributed by atoms with E-state index in [9.17, 15) is 0 Å². The van der Waals surface area contributed by atoms with Crippen LogP contribution >= 0.6 is 11.3 Å². The molecule has 0 aliphatic rings. The molecule has 0 saturated heterocycles. The summed E-state index contributed by atoms with van der Waals surface area (Å²) in [6.07, 6.45) is 0.749. The topological polar surface area (TPSA) is 61.3 Å². The first-order chi connectivity index (χ1) is 9.69. The average Bonchev–Trinajstić information content (AvgIpc) is 2.80. The highest BCUT2D eigenvalue weighted by molar-refractivity contribution is 7.18. The Morgan fingerprint density at radius 1 is 1.35 bits per heavy atom. The molecule has 20 heavy (non-hydrogen) atoms. The Morgan fingerprint density at radius 3 is 2.80 bits per heavy atom. The van der Waals surface area contributed by atoms with Gasteiger partial charge in [-0.2, -0.15) is 4.98 Å². The van der Waals surface area contributed by atoms with Crippen molar-refractivity contribution in [2.24, 2.45) is 0 Å². The van der Waals surface area contributed by atoms with E-state index in [2.05, 4.69) is 40.1 Å². The summed E-state index contributed by atoms with van der Waals surface area (Å²) in [5.74, 6) is 1.64. The summed E-state index contributed by atoms with van der Waals surface area (Å²) in [4.78, 5) is 13.7. The SMILES string of the molecule is CCNc1nc(N(CC)CCCO)c2cc(C)sc2n1. The van der Waals surface area contributed by atoms with Crippen LogP contribution in [0.5, 0.6) is 0 Å². The summed E-state index contributed by atoms with van der Waals surface area (Å²) >= 11 is 1.69. The highest BCUT2D eigenvalue weighted by Gasteiger charge is 2.15. The van der Waals surface area contributed by atoms with E-state index < -0.39 is 0 Å². The Balaban J connectivity index is 2.46. The van der Waals surface area contributed by atoms with Gasteiger partial charge in [-0.15, -0.1) is 11.3 Å². The lowest BCUT2D eigenvalue weighted by Crippen LogP contribution is -2.26. The highest BCUT2D eigenvalue weighted by atomic mass is 32.1. The average molecular weight is 294 g/mol. The summed E-state index contributed by atoms with van der Waals surface area (Å²) in [6, 6.07) is 2.15. The molecule has 110 valence electrons. The largest absolute Gasteiger partial charge is 0.396 e. The maximum absolute atomic E-state index is 9.04. The molecular weight excluding hydrogens is 272 g/mol. The summed E-state index contributed by atoms with van der Waals surface area (Å²) in [6.45, 7) is 8.92. The van der Waals surface area contributed by atoms with E-state index in [-0.39, 0.29) is 6.61 Å². The Bertz CT molecular complexity index is 570. The predicted octanol–water partition coefficient (Wildman–Crippen LogP) is 2.64. The number of aliphatic hydroxyl groups is 1. The quantitative estimate of drug-likeness (QED) is 0.822. The molecule has 0 aliphatic heterocycles. The summed E-state index contributed by atoms with van der Waals surface area (Å²) < 4.78 is 0. The number of aromatic nitrogens is 2. The van der Waals surface area contributed by atoms with Gasteiger partial charge in [0.1, 0.15) is 10.6 Å². The molecule has 5 nitrogen and oxygen atoms in total. The lowest BCUT2D eigenvalue weighted by molar-refractivity contribution is 0.289. The minimum absolute atomic E-state index is 0.202. The number of aliphatic hydroxyl groups excluding tert-OH is 1. The first-order valence-electron chi connectivity index (χ1n) is 7.07. The van der Waals surface area contributed by atoms with Gasteiger partial charge < -0.3 is 15.3 Å². The second-order valence-corrected chi connectivity index (χ2v) is 5.87. The third-order valence-electron chi connectivity index (χ3n) is 3.10. The smallest absolute Gasteiger partial charge is 0.226 e. The second-order valence-electron chi connectivity index (χ2n) is 4.63. The number of fused-ring (bicyclic) bond motifs is 1. The number of nitrogens with zero attached hydrogens (tertiary/aromatic N) is 3. The van der Waals surface area contributed by atoms with E-state index in [4.69, 9.17) is 5.11 Å². The number of hydrogen-bond donors (Lipinski definition) is 2. The van der Waals surface area contributed by atoms with Crippen LogP contribution in [-0.2, 0) is 0 Å². The second kappa shape index (κ2) is 6.85. The molecule has 0 radical (unpaired) electrons. The van der Waals surface area contributed by atoms with E-state index in [1.807, 2.05) is 6.92 Å². The number of aryl methyl sites for hydroxylation is 1. The van der Waals surface area contributed by atoms with Gasteiger partial charge in [-0.25, -0.2) is 4.98 Å². The number of nitrogens with one attached hydrogen (secondary N) is 1. The van der Waals surface area contributed by atoms with Crippen LogP contribution in [0, 0.1) is 6.92 Å². The molecule has 2 rings (SSSR count). The molecule has 0 aromatic carbocycles. The van der Waals surface area contributed by atoms with Crippen LogP contribution in [0.2, 0.25) is 0 Å². The fourth-order valence-corrected chi connectivity index (χ4v) is 3.05. The van der Waals surface area contributed by atoms with Gasteiger partial charge in [0.05, 0.1) is 5.39 Å². The minimum Gasteiger partial charge on any atom is -0.396 e. The van der Waals surface area contributed by atoms with Crippen LogP contribution in [0.25, 0.3) is 10.2 Å². The Hall–Kier alpha value is -1.40. The van der Waals surface area contributed by atoms with Crippen LogP contribution < -0.4 is 10.2 Å². The summed E-state index contributed by atoms with van der Waals surface area (Å²) in [7, 11) is 0. The number of rotatable bonds is 7. The molecule has 0 spiro atoms. The van der Waals surface area contributed by atoms with Crippen molar-refractivity contribution >= 4 is 33.3 Å². The van der Waals surface area contributed by atoms with Crippen molar-refractivity contribution in [3.8, 4) is 0 Å². The van der Waals surface area contributed by atoms with Crippen molar-refractivity contribution in [2.45, 2.75) is 27.2 Å². The molecule has 0 fully saturated rings. The van der Waals surface area contributed by atoms with Crippen molar-refractivity contribution in [3.05, 3.63) is 10.9 Å². The van der Waals surface area contributed by atoms with E-state index in [1.54, 1.807) is 11.3 Å². The van der Waals surface area contributed by atoms with Crippen LogP contribution in [0.3, 0.4) is 0 Å². The summed E-state index contributed by atoms with van der Waals surface area (Å²) in [5.41, 5.74) is 0. The predicted molar refractivity (Wildman–Crippen MR) is 85.9 cm³/mol. The van der Waals surface area contributed by atoms with Crippen LogP contribution in [0.1, 0.15) is 25.1 Å². The van der Waals surface area contributed by atoms with Gasteiger partial charge in [0.2, 0.25) is 5.95 Å². The number of hydrogen-bond acceptors (Lipinski definition) is 6. The first kappa shape index (κ1) is 15.0. The molecule has 0 aliphatic carbocycles. The minimum atomic E-state index is 0.202. The van der Waals surface area contributed by atoms with Gasteiger partial charge in [-0.05, 0) is 33.3 Å². The van der Waals surface area contributed by atoms with E-state index in [1.165, 1.54) is 4.88 Å². The zero-order chi connectivity index (χ0) is 14.5. The number of anilines is 2. The lowest BCUT2D eigenvalue weighted by Gasteiger charge is -2.22. The Labute approximate surface area is 123 Å². The fraction of sp³-hybridized carbons (Fsp3) is 0.571. The lowest BCUT2D eigenvalue weighted by atomic mass is 10.3. The van der Waals surface area contributed by atoms with Gasteiger partial charge in [-0.1, -0.05) is 0 Å². The molecule has 0 saturated carbocycles. The standard InChI is InChI=1S/C14H22N4OS/c1-4-15-14-16-12(18(5-2)7-6-8-19)11-9-10(3)20-13(11)17-14/h9,19H,4-8H2,1-3H3,(H,15,16,17). The molecule has 2 heterocycles. The van der Waals surface area contributed by atoms with Gasteiger partial charge in [0.15, 0.2) is 0 Å².